The number of thiophene rings is 1. The predicted octanol–water partition coefficient (Wildman–Crippen LogP) is 4.45. The average Bonchev–Trinajstić information content (AvgIpc) is 3.27. The summed E-state index contributed by atoms with van der Waals surface area (Å²) in [7, 11) is 1.57. The summed E-state index contributed by atoms with van der Waals surface area (Å²) < 4.78 is 31.4. The van der Waals surface area contributed by atoms with E-state index in [4.69, 9.17) is 4.42 Å². The van der Waals surface area contributed by atoms with E-state index < -0.39 is 17.5 Å². The average molecular weight is 390 g/mol. The quantitative estimate of drug-likeness (QED) is 0.700. The number of nitrogens with zero attached hydrogens (tertiary/aromatic N) is 1. The summed E-state index contributed by atoms with van der Waals surface area (Å²) in [6, 6.07) is 8.37. The molecule has 5 nitrogen and oxygen atoms in total. The molecule has 0 aliphatic rings. The van der Waals surface area contributed by atoms with E-state index in [2.05, 4.69) is 5.32 Å². The van der Waals surface area contributed by atoms with Gasteiger partial charge in [0, 0.05) is 13.6 Å². The van der Waals surface area contributed by atoms with Crippen molar-refractivity contribution >= 4 is 28.2 Å². The number of amides is 2. The van der Waals surface area contributed by atoms with Gasteiger partial charge in [-0.05, 0) is 48.4 Å². The first-order valence-corrected chi connectivity index (χ1v) is 8.81. The number of carbonyl (C=O) groups excluding carboxylic acids is 2. The highest BCUT2D eigenvalue weighted by Crippen LogP contribution is 2.28. The van der Waals surface area contributed by atoms with E-state index >= 15 is 0 Å². The molecule has 3 rings (SSSR count). The topological polar surface area (TPSA) is 62.6 Å². The minimum Gasteiger partial charge on any atom is -0.459 e. The van der Waals surface area contributed by atoms with Gasteiger partial charge in [0.1, 0.15) is 0 Å². The molecule has 0 fully saturated rings. The minimum atomic E-state index is -0.955. The smallest absolute Gasteiger partial charge is 0.291 e. The fourth-order valence-corrected chi connectivity index (χ4v) is 3.56. The monoisotopic (exact) mass is 390 g/mol. The normalized spacial score (nSPS) is 10.7. The first-order chi connectivity index (χ1) is 12.8. The van der Waals surface area contributed by atoms with Crippen LogP contribution in [0, 0.1) is 18.6 Å². The van der Waals surface area contributed by atoms with Crippen molar-refractivity contribution in [2.45, 2.75) is 13.5 Å². The largest absolute Gasteiger partial charge is 0.459 e. The van der Waals surface area contributed by atoms with Crippen LogP contribution >= 0.6 is 11.3 Å². The highest BCUT2D eigenvalue weighted by atomic mass is 32.1. The predicted molar refractivity (Wildman–Crippen MR) is 97.9 cm³/mol. The Hall–Kier alpha value is -3.00. The number of hydrogen-bond donors (Lipinski definition) is 1. The molecule has 2 amide bonds. The molecule has 2 heterocycles. The number of furan rings is 1. The van der Waals surface area contributed by atoms with Crippen LogP contribution < -0.4 is 5.32 Å². The Balaban J connectivity index is 1.71. The lowest BCUT2D eigenvalue weighted by atomic mass is 10.2. The lowest BCUT2D eigenvalue weighted by Crippen LogP contribution is -2.26. The number of benzene rings is 1. The maximum absolute atomic E-state index is 13.3. The summed E-state index contributed by atoms with van der Waals surface area (Å²) in [5.74, 6) is -2.40. The summed E-state index contributed by atoms with van der Waals surface area (Å²) >= 11 is 1.14. The van der Waals surface area contributed by atoms with Crippen LogP contribution in [0.25, 0.3) is 0 Å². The Kier molecular flexibility index (Phi) is 5.36. The van der Waals surface area contributed by atoms with Crippen LogP contribution in [0.1, 0.15) is 31.4 Å². The molecule has 140 valence electrons. The second-order valence-electron chi connectivity index (χ2n) is 5.96. The van der Waals surface area contributed by atoms with Crippen molar-refractivity contribution in [3.05, 3.63) is 76.1 Å². The Morgan fingerprint density at radius 2 is 1.96 bits per heavy atom. The van der Waals surface area contributed by atoms with Crippen molar-refractivity contribution in [2.24, 2.45) is 0 Å². The van der Waals surface area contributed by atoms with Gasteiger partial charge in [-0.15, -0.1) is 11.3 Å². The van der Waals surface area contributed by atoms with Crippen molar-refractivity contribution in [2.75, 3.05) is 12.4 Å². The lowest BCUT2D eigenvalue weighted by molar-refractivity contribution is 0.0789. The van der Waals surface area contributed by atoms with Gasteiger partial charge in [-0.2, -0.15) is 0 Å². The molecule has 0 aliphatic carbocycles. The third-order valence-electron chi connectivity index (χ3n) is 3.84. The van der Waals surface area contributed by atoms with E-state index in [0.717, 1.165) is 23.5 Å². The number of carbonyl (C=O) groups is 2. The van der Waals surface area contributed by atoms with Gasteiger partial charge in [0.05, 0.1) is 16.1 Å². The Morgan fingerprint density at radius 1 is 1.19 bits per heavy atom. The van der Waals surface area contributed by atoms with Crippen molar-refractivity contribution in [1.29, 1.82) is 0 Å². The van der Waals surface area contributed by atoms with Crippen LogP contribution in [-0.2, 0) is 6.54 Å². The number of aryl methyl sites for hydroxylation is 1. The van der Waals surface area contributed by atoms with Crippen LogP contribution in [0.15, 0.2) is 47.1 Å². The van der Waals surface area contributed by atoms with Crippen molar-refractivity contribution in [1.82, 2.24) is 4.90 Å². The molecule has 0 bridgehead atoms. The van der Waals surface area contributed by atoms with Gasteiger partial charge in [-0.25, -0.2) is 8.78 Å². The fourth-order valence-electron chi connectivity index (χ4n) is 2.49. The third kappa shape index (κ3) is 4.22. The van der Waals surface area contributed by atoms with E-state index in [0.29, 0.717) is 21.0 Å². The van der Waals surface area contributed by atoms with Gasteiger partial charge in [0.15, 0.2) is 17.4 Å². The highest BCUT2D eigenvalue weighted by Gasteiger charge is 2.20. The molecule has 27 heavy (non-hydrogen) atoms. The van der Waals surface area contributed by atoms with E-state index in [1.807, 2.05) is 0 Å². The number of rotatable bonds is 5. The van der Waals surface area contributed by atoms with E-state index in [-0.39, 0.29) is 18.2 Å². The molecule has 0 spiro atoms. The van der Waals surface area contributed by atoms with Gasteiger partial charge in [-0.1, -0.05) is 6.07 Å². The van der Waals surface area contributed by atoms with E-state index in [1.165, 1.54) is 23.3 Å². The molecular weight excluding hydrogens is 374 g/mol. The first kappa shape index (κ1) is 18.8. The molecule has 8 heteroatoms. The fraction of sp³-hybridized carbons (Fsp3) is 0.158. The maximum atomic E-state index is 13.3. The van der Waals surface area contributed by atoms with Crippen LogP contribution in [-0.4, -0.2) is 23.8 Å². The zero-order valence-corrected chi connectivity index (χ0v) is 15.4. The Morgan fingerprint density at radius 3 is 2.63 bits per heavy atom. The van der Waals surface area contributed by atoms with Gasteiger partial charge < -0.3 is 14.6 Å². The molecule has 0 radical (unpaired) electrons. The van der Waals surface area contributed by atoms with Gasteiger partial charge in [0.25, 0.3) is 11.8 Å². The molecule has 1 aromatic carbocycles. The molecule has 0 saturated heterocycles. The summed E-state index contributed by atoms with van der Waals surface area (Å²) in [5, 5.41) is 3.20. The lowest BCUT2D eigenvalue weighted by Gasteiger charge is -2.17. The van der Waals surface area contributed by atoms with Crippen molar-refractivity contribution < 1.29 is 22.8 Å². The zero-order chi connectivity index (χ0) is 19.6. The van der Waals surface area contributed by atoms with E-state index in [1.54, 1.807) is 26.1 Å². The molecule has 0 atom stereocenters. The molecule has 1 N–H and O–H groups in total. The summed E-state index contributed by atoms with van der Waals surface area (Å²) in [6.45, 7) is 1.89. The van der Waals surface area contributed by atoms with Crippen molar-refractivity contribution in [3.8, 4) is 0 Å². The molecule has 0 unspecified atom stereocenters. The number of halogens is 2. The molecular formula is C19H16F2N2O3S. The van der Waals surface area contributed by atoms with E-state index in [9.17, 15) is 18.4 Å². The first-order valence-electron chi connectivity index (χ1n) is 8.00. The number of hydrogen-bond acceptors (Lipinski definition) is 4. The second-order valence-corrected chi connectivity index (χ2v) is 7.02. The molecule has 0 aliphatic heterocycles. The maximum Gasteiger partial charge on any atom is 0.291 e. The molecule has 2 aromatic heterocycles. The third-order valence-corrected chi connectivity index (χ3v) is 4.98. The second kappa shape index (κ2) is 7.71. The van der Waals surface area contributed by atoms with Crippen LogP contribution in [0.2, 0.25) is 0 Å². The summed E-state index contributed by atoms with van der Waals surface area (Å²) in [5.41, 5.74) is 1.18. The van der Waals surface area contributed by atoms with Crippen molar-refractivity contribution in [3.63, 3.8) is 0 Å². The van der Waals surface area contributed by atoms with Gasteiger partial charge in [0.2, 0.25) is 0 Å². The number of anilines is 1. The summed E-state index contributed by atoms with van der Waals surface area (Å²) in [4.78, 5) is 26.6. The molecule has 3 aromatic rings. The Labute approximate surface area is 158 Å². The van der Waals surface area contributed by atoms with Gasteiger partial charge in [-0.3, -0.25) is 9.59 Å². The van der Waals surface area contributed by atoms with Crippen LogP contribution in [0.4, 0.5) is 13.8 Å². The van der Waals surface area contributed by atoms with Crippen LogP contribution in [0.3, 0.4) is 0 Å². The SMILES string of the molecule is Cc1cc(NC(=O)c2ccco2)sc1C(=O)N(C)Cc1ccc(F)c(F)c1. The summed E-state index contributed by atoms with van der Waals surface area (Å²) in [6.07, 6.45) is 1.40. The Bertz CT molecular complexity index is 983. The number of nitrogens with one attached hydrogen (secondary N) is 1. The minimum absolute atomic E-state index is 0.126. The van der Waals surface area contributed by atoms with Crippen LogP contribution in [0.5, 0.6) is 0 Å². The standard InChI is InChI=1S/C19H16F2N2O3S/c1-11-8-16(22-18(24)15-4-3-7-26-15)27-17(11)19(25)23(2)10-12-5-6-13(20)14(21)9-12/h3-9H,10H2,1-2H3,(H,22,24). The van der Waals surface area contributed by atoms with Gasteiger partial charge >= 0.3 is 0 Å². The highest BCUT2D eigenvalue weighted by molar-refractivity contribution is 7.18. The molecule has 0 saturated carbocycles. The zero-order valence-electron chi connectivity index (χ0n) is 14.6.